The predicted octanol–water partition coefficient (Wildman–Crippen LogP) is -2.19. The van der Waals surface area contributed by atoms with Crippen LogP contribution in [0.1, 0.15) is 40.7 Å². The number of fused-ring (bicyclic) bond motifs is 1. The second-order valence-corrected chi connectivity index (χ2v) is 4.69. The number of aromatic amines is 1. The first-order valence-corrected chi connectivity index (χ1v) is 5.87. The van der Waals surface area contributed by atoms with Crippen LogP contribution in [0, 0.1) is 27.0 Å². The minimum atomic E-state index is 0. The van der Waals surface area contributed by atoms with Crippen LogP contribution in [0.25, 0.3) is 0 Å². The van der Waals surface area contributed by atoms with Crippen molar-refractivity contribution in [1.82, 2.24) is 4.98 Å². The first-order valence-electron chi connectivity index (χ1n) is 5.87. The first-order chi connectivity index (χ1) is 7.63. The fourth-order valence-corrected chi connectivity index (χ4v) is 2.59. The topological polar surface area (TPSA) is 15.8 Å². The van der Waals surface area contributed by atoms with Gasteiger partial charge in [0.25, 0.3) is 0 Å². The summed E-state index contributed by atoms with van der Waals surface area (Å²) >= 11 is 0. The van der Waals surface area contributed by atoms with Crippen molar-refractivity contribution in [3.8, 4) is 0 Å². The van der Waals surface area contributed by atoms with E-state index in [1.165, 1.54) is 12.0 Å². The van der Waals surface area contributed by atoms with E-state index < -0.39 is 0 Å². The van der Waals surface area contributed by atoms with E-state index in [1.54, 1.807) is 22.3 Å². The number of hydrogen-bond acceptors (Lipinski definition) is 0. The van der Waals surface area contributed by atoms with Crippen LogP contribution in [-0.2, 0) is 28.1 Å². The number of hydrogen-bond donors (Lipinski definition) is 1. The van der Waals surface area contributed by atoms with Crippen LogP contribution in [0.3, 0.4) is 0 Å². The summed E-state index contributed by atoms with van der Waals surface area (Å²) < 4.78 is 0. The molecule has 0 amide bonds. The molecule has 3 rings (SSSR count). The normalized spacial score (nSPS) is 14.4. The van der Waals surface area contributed by atoms with Crippen LogP contribution in [0.4, 0.5) is 0 Å². The Kier molecular flexibility index (Phi) is 10.0. The summed E-state index contributed by atoms with van der Waals surface area (Å²) in [6.07, 6.45) is 5.87. The van der Waals surface area contributed by atoms with E-state index in [0.29, 0.717) is 0 Å². The zero-order valence-corrected chi connectivity index (χ0v) is 14.8. The molecule has 0 radical (unpaired) electrons. The average molecular weight is 332 g/mol. The van der Waals surface area contributed by atoms with Crippen LogP contribution in [0.2, 0.25) is 0 Å². The fraction of sp³-hybridized carbons (Fsp3) is 0.400. The molecule has 1 unspecified atom stereocenters. The SMILES string of the molecule is Cc1c(C)c2[c-](c1C)C(C)C2.[Cl-].[Cl-].[Ti+4].[c-]1ccc[nH]1. The van der Waals surface area contributed by atoms with Gasteiger partial charge in [0.15, 0.2) is 0 Å². The summed E-state index contributed by atoms with van der Waals surface area (Å²) in [6.45, 7) is 9.09. The zero-order chi connectivity index (χ0) is 11.7. The van der Waals surface area contributed by atoms with Gasteiger partial charge < -0.3 is 29.8 Å². The second kappa shape index (κ2) is 8.97. The molecule has 0 spiro atoms. The maximum atomic E-state index is 2.74. The third kappa shape index (κ3) is 4.19. The molecule has 0 bridgehead atoms. The van der Waals surface area contributed by atoms with Gasteiger partial charge in [-0.3, -0.25) is 0 Å². The van der Waals surface area contributed by atoms with Gasteiger partial charge in [-0.1, -0.05) is 40.0 Å². The molecule has 1 aliphatic carbocycles. The summed E-state index contributed by atoms with van der Waals surface area (Å²) in [7, 11) is 0. The van der Waals surface area contributed by atoms with Gasteiger partial charge in [-0.25, -0.2) is 0 Å². The quantitative estimate of drug-likeness (QED) is 0.417. The van der Waals surface area contributed by atoms with Gasteiger partial charge in [0.2, 0.25) is 0 Å². The fourth-order valence-electron chi connectivity index (χ4n) is 2.59. The van der Waals surface area contributed by atoms with Crippen LogP contribution in [-0.4, -0.2) is 4.98 Å². The molecule has 102 valence electrons. The molecule has 1 aromatic carbocycles. The Balaban J connectivity index is 0. The van der Waals surface area contributed by atoms with E-state index in [9.17, 15) is 0 Å². The average Bonchev–Trinajstić information content (AvgIpc) is 2.85. The standard InChI is InChI=1S/C11H15.C4H4N.2ClH.Ti/c1-6-5-10-8(3)7(2)9(4)11(6)10;1-2-4-5-3-1;;;/h6H,5H2,1-4H3;1-3,5H;2*1H;/q2*-1;;;+4/p-2. The number of nitrogens with one attached hydrogen (secondary N) is 1. The van der Waals surface area contributed by atoms with Gasteiger partial charge in [-0.2, -0.15) is 40.6 Å². The number of halogens is 2. The first kappa shape index (κ1) is 21.2. The summed E-state index contributed by atoms with van der Waals surface area (Å²) in [6, 6.07) is 3.71. The molecule has 1 heterocycles. The molecule has 2 aromatic rings. The van der Waals surface area contributed by atoms with Crippen molar-refractivity contribution in [2.24, 2.45) is 0 Å². The van der Waals surface area contributed by atoms with Crippen LogP contribution >= 0.6 is 0 Å². The van der Waals surface area contributed by atoms with Crippen molar-refractivity contribution >= 4 is 0 Å². The maximum Gasteiger partial charge on any atom is 4.00 e. The summed E-state index contributed by atoms with van der Waals surface area (Å²) in [5.41, 5.74) is 7.93. The third-order valence-corrected chi connectivity index (χ3v) is 3.75. The molecule has 0 saturated heterocycles. The molecule has 1 atom stereocenters. The maximum absolute atomic E-state index is 2.74. The zero-order valence-electron chi connectivity index (χ0n) is 11.8. The molecule has 1 N–H and O–H groups in total. The molecule has 19 heavy (non-hydrogen) atoms. The molecule has 1 aromatic heterocycles. The second-order valence-electron chi connectivity index (χ2n) is 4.69. The molecule has 1 nitrogen and oxygen atoms in total. The number of rotatable bonds is 0. The van der Waals surface area contributed by atoms with Gasteiger partial charge in [-0.05, 0) is 0 Å². The van der Waals surface area contributed by atoms with Gasteiger partial charge in [0, 0.05) is 0 Å². The number of aromatic nitrogens is 1. The Morgan fingerprint density at radius 1 is 1.21 bits per heavy atom. The van der Waals surface area contributed by atoms with Crippen molar-refractivity contribution in [3.63, 3.8) is 0 Å². The Labute approximate surface area is 143 Å². The summed E-state index contributed by atoms with van der Waals surface area (Å²) in [5, 5.41) is 0. The van der Waals surface area contributed by atoms with Crippen LogP contribution in [0.15, 0.2) is 18.3 Å². The van der Waals surface area contributed by atoms with E-state index in [4.69, 9.17) is 0 Å². The van der Waals surface area contributed by atoms with E-state index in [-0.39, 0.29) is 46.5 Å². The predicted molar refractivity (Wildman–Crippen MR) is 68.0 cm³/mol. The summed E-state index contributed by atoms with van der Waals surface area (Å²) in [5.74, 6) is 0.831. The smallest absolute Gasteiger partial charge is 1.00 e. The van der Waals surface area contributed by atoms with Crippen molar-refractivity contribution in [3.05, 3.63) is 52.3 Å². The van der Waals surface area contributed by atoms with E-state index in [1.807, 2.05) is 18.3 Å². The van der Waals surface area contributed by atoms with Crippen molar-refractivity contribution < 1.29 is 46.5 Å². The van der Waals surface area contributed by atoms with Gasteiger partial charge >= 0.3 is 21.7 Å². The molecule has 0 saturated carbocycles. The Bertz CT molecular complexity index is 438. The molecule has 0 aliphatic heterocycles. The monoisotopic (exact) mass is 331 g/mol. The largest absolute Gasteiger partial charge is 4.00 e. The molecule has 1 aliphatic rings. The minimum Gasteiger partial charge on any atom is -1.00 e. The van der Waals surface area contributed by atoms with Crippen molar-refractivity contribution in [1.29, 1.82) is 0 Å². The Morgan fingerprint density at radius 3 is 2.11 bits per heavy atom. The number of H-pyrrole nitrogens is 1. The van der Waals surface area contributed by atoms with Gasteiger partial charge in [0.05, 0.1) is 0 Å². The van der Waals surface area contributed by atoms with Crippen LogP contribution < -0.4 is 24.8 Å². The molecular weight excluding hydrogens is 313 g/mol. The third-order valence-electron chi connectivity index (χ3n) is 3.75. The minimum absolute atomic E-state index is 0. The van der Waals surface area contributed by atoms with E-state index >= 15 is 0 Å². The van der Waals surface area contributed by atoms with E-state index in [2.05, 4.69) is 38.9 Å². The Morgan fingerprint density at radius 2 is 1.84 bits per heavy atom. The van der Waals surface area contributed by atoms with Crippen molar-refractivity contribution in [2.45, 2.75) is 40.0 Å². The Hall–Kier alpha value is -0.0757. The van der Waals surface area contributed by atoms with Gasteiger partial charge in [0.1, 0.15) is 0 Å². The van der Waals surface area contributed by atoms with Crippen molar-refractivity contribution in [2.75, 3.05) is 0 Å². The molecule has 4 heteroatoms. The molecule has 0 fully saturated rings. The van der Waals surface area contributed by atoms with Gasteiger partial charge in [-0.15, -0.1) is 11.8 Å². The van der Waals surface area contributed by atoms with Crippen LogP contribution in [0.5, 0.6) is 0 Å². The molecular formula is C15H19Cl2NTi. The summed E-state index contributed by atoms with van der Waals surface area (Å²) in [4.78, 5) is 2.74. The van der Waals surface area contributed by atoms with E-state index in [0.717, 1.165) is 5.92 Å².